The molecule has 0 radical (unpaired) electrons. The molecule has 1 aromatic rings. The maximum atomic E-state index is 9.90. The third-order valence-corrected chi connectivity index (χ3v) is 4.38. The molecule has 1 aliphatic rings. The molecule has 1 aromatic carbocycles. The molecule has 122 valence electrons. The van der Waals surface area contributed by atoms with Crippen LogP contribution in [-0.4, -0.2) is 28.7 Å². The average Bonchev–Trinajstić information content (AvgIpc) is 2.30. The van der Waals surface area contributed by atoms with Crippen LogP contribution in [0.1, 0.15) is 52.2 Å². The Morgan fingerprint density at radius 3 is 2.32 bits per heavy atom. The van der Waals surface area contributed by atoms with Gasteiger partial charge in [-0.3, -0.25) is 0 Å². The fraction of sp³-hybridized carbons (Fsp3) is 0.600. The van der Waals surface area contributed by atoms with Crippen LogP contribution in [0.3, 0.4) is 0 Å². The van der Waals surface area contributed by atoms with Crippen LogP contribution in [0.5, 0.6) is 0 Å². The van der Waals surface area contributed by atoms with Gasteiger partial charge in [-0.05, 0) is 42.7 Å². The van der Waals surface area contributed by atoms with Gasteiger partial charge in [0.1, 0.15) is 0 Å². The van der Waals surface area contributed by atoms with E-state index in [2.05, 4.69) is 56.5 Å². The Bertz CT molecular complexity index is 527. The van der Waals surface area contributed by atoms with Gasteiger partial charge in [0.2, 0.25) is 0 Å². The van der Waals surface area contributed by atoms with Crippen molar-refractivity contribution in [1.82, 2.24) is 4.90 Å². The Kier molecular flexibility index (Phi) is 4.72. The fourth-order valence-electron chi connectivity index (χ4n) is 3.31. The lowest BCUT2D eigenvalue weighted by atomic mass is 9.80. The van der Waals surface area contributed by atoms with Crippen molar-refractivity contribution in [2.24, 2.45) is 5.92 Å². The number of benzene rings is 1. The van der Waals surface area contributed by atoms with Gasteiger partial charge in [-0.2, -0.15) is 0 Å². The van der Waals surface area contributed by atoms with Gasteiger partial charge >= 0.3 is 0 Å². The molecule has 0 atom stereocenters. The summed E-state index contributed by atoms with van der Waals surface area (Å²) in [5.41, 5.74) is 3.54. The molecule has 2 heteroatoms. The number of hydrogen-bond acceptors (Lipinski definition) is 2. The van der Waals surface area contributed by atoms with Crippen molar-refractivity contribution in [3.05, 3.63) is 47.7 Å². The lowest BCUT2D eigenvalue weighted by molar-refractivity contribution is 0.0573. The summed E-state index contributed by atoms with van der Waals surface area (Å²) in [6.45, 7) is 16.8. The van der Waals surface area contributed by atoms with Crippen molar-refractivity contribution < 1.29 is 5.11 Å². The van der Waals surface area contributed by atoms with Crippen LogP contribution >= 0.6 is 0 Å². The highest BCUT2D eigenvalue weighted by Crippen LogP contribution is 2.31. The molecule has 0 amide bonds. The zero-order valence-electron chi connectivity index (χ0n) is 14.8. The highest BCUT2D eigenvalue weighted by molar-refractivity contribution is 5.33. The zero-order valence-corrected chi connectivity index (χ0v) is 14.8. The van der Waals surface area contributed by atoms with E-state index in [4.69, 9.17) is 0 Å². The van der Waals surface area contributed by atoms with Crippen LogP contribution in [-0.2, 0) is 11.8 Å². The Balaban J connectivity index is 1.93. The summed E-state index contributed by atoms with van der Waals surface area (Å²) in [4.78, 5) is 2.31. The van der Waals surface area contributed by atoms with Crippen molar-refractivity contribution in [2.45, 2.75) is 58.5 Å². The van der Waals surface area contributed by atoms with Crippen LogP contribution in [0.25, 0.3) is 0 Å². The molecule has 1 N–H and O–H groups in total. The lowest BCUT2D eigenvalue weighted by Gasteiger charge is -2.44. The molecular formula is C20H31NO. The third kappa shape index (κ3) is 4.36. The lowest BCUT2D eigenvalue weighted by Crippen LogP contribution is -2.47. The van der Waals surface area contributed by atoms with Gasteiger partial charge in [0.25, 0.3) is 0 Å². The van der Waals surface area contributed by atoms with E-state index in [0.717, 1.165) is 25.2 Å². The van der Waals surface area contributed by atoms with Gasteiger partial charge in [-0.25, -0.2) is 0 Å². The van der Waals surface area contributed by atoms with E-state index < -0.39 is 5.60 Å². The normalized spacial score (nSPS) is 16.5. The summed E-state index contributed by atoms with van der Waals surface area (Å²) in [5.74, 6) is 0.696. The fourth-order valence-corrected chi connectivity index (χ4v) is 3.31. The first-order chi connectivity index (χ1) is 10.1. The molecule has 0 aromatic heterocycles. The number of rotatable bonds is 5. The Morgan fingerprint density at radius 2 is 1.77 bits per heavy atom. The second-order valence-corrected chi connectivity index (χ2v) is 8.44. The summed E-state index contributed by atoms with van der Waals surface area (Å²) in [7, 11) is 0. The van der Waals surface area contributed by atoms with E-state index >= 15 is 0 Å². The molecule has 2 rings (SSSR count). The van der Waals surface area contributed by atoms with Crippen molar-refractivity contribution in [1.29, 1.82) is 0 Å². The summed E-state index contributed by atoms with van der Waals surface area (Å²) in [6.07, 6.45) is 1.79. The smallest absolute Gasteiger partial charge is 0.0645 e. The quantitative estimate of drug-likeness (QED) is 0.884. The van der Waals surface area contributed by atoms with Crippen LogP contribution < -0.4 is 0 Å². The molecule has 2 nitrogen and oxygen atoms in total. The number of hydrogen-bond donors (Lipinski definition) is 1. The first-order valence-corrected chi connectivity index (χ1v) is 8.30. The number of aliphatic hydroxyl groups is 1. The van der Waals surface area contributed by atoms with E-state index in [9.17, 15) is 5.11 Å². The Labute approximate surface area is 135 Å². The first kappa shape index (κ1) is 17.1. The van der Waals surface area contributed by atoms with Crippen LogP contribution in [0.15, 0.2) is 36.5 Å². The van der Waals surface area contributed by atoms with Gasteiger partial charge in [0.15, 0.2) is 0 Å². The average molecular weight is 301 g/mol. The minimum Gasteiger partial charge on any atom is -0.390 e. The number of likely N-dealkylation sites (tertiary alicyclic amines) is 1. The maximum absolute atomic E-state index is 9.90. The molecule has 22 heavy (non-hydrogen) atoms. The second kappa shape index (κ2) is 6.08. The van der Waals surface area contributed by atoms with Crippen molar-refractivity contribution in [3.63, 3.8) is 0 Å². The van der Waals surface area contributed by atoms with Gasteiger partial charge < -0.3 is 10.0 Å². The van der Waals surface area contributed by atoms with Gasteiger partial charge in [-0.1, -0.05) is 51.6 Å². The second-order valence-electron chi connectivity index (χ2n) is 8.44. The van der Waals surface area contributed by atoms with Gasteiger partial charge in [0.05, 0.1) is 5.60 Å². The minimum atomic E-state index is -0.666. The van der Waals surface area contributed by atoms with E-state index in [-0.39, 0.29) is 5.41 Å². The van der Waals surface area contributed by atoms with E-state index in [1.807, 2.05) is 13.8 Å². The van der Waals surface area contributed by atoms with Crippen LogP contribution in [0, 0.1) is 5.92 Å². The highest BCUT2D eigenvalue weighted by Gasteiger charge is 2.30. The monoisotopic (exact) mass is 301 g/mol. The zero-order chi connectivity index (χ0) is 16.5. The Hall–Kier alpha value is -1.28. The SMILES string of the molecule is C=C(CC(C)(C)O)N1CC(Cc2ccccc2C(C)(C)C)C1. The molecule has 1 heterocycles. The molecule has 1 aliphatic heterocycles. The molecule has 0 saturated carbocycles. The molecule has 0 bridgehead atoms. The van der Waals surface area contributed by atoms with Crippen LogP contribution in [0.4, 0.5) is 0 Å². The highest BCUT2D eigenvalue weighted by atomic mass is 16.3. The van der Waals surface area contributed by atoms with Gasteiger partial charge in [0, 0.05) is 25.2 Å². The predicted octanol–water partition coefficient (Wildman–Crippen LogP) is 4.13. The van der Waals surface area contributed by atoms with E-state index in [0.29, 0.717) is 12.3 Å². The van der Waals surface area contributed by atoms with Crippen molar-refractivity contribution in [3.8, 4) is 0 Å². The molecule has 0 aliphatic carbocycles. The topological polar surface area (TPSA) is 23.5 Å². The van der Waals surface area contributed by atoms with E-state index in [1.54, 1.807) is 0 Å². The molecular weight excluding hydrogens is 270 g/mol. The summed E-state index contributed by atoms with van der Waals surface area (Å²) < 4.78 is 0. The minimum absolute atomic E-state index is 0.199. The maximum Gasteiger partial charge on any atom is 0.0645 e. The summed E-state index contributed by atoms with van der Waals surface area (Å²) in [5, 5.41) is 9.90. The first-order valence-electron chi connectivity index (χ1n) is 8.30. The van der Waals surface area contributed by atoms with Gasteiger partial charge in [-0.15, -0.1) is 0 Å². The van der Waals surface area contributed by atoms with Crippen LogP contribution in [0.2, 0.25) is 0 Å². The molecule has 0 spiro atoms. The third-order valence-electron chi connectivity index (χ3n) is 4.38. The largest absolute Gasteiger partial charge is 0.390 e. The predicted molar refractivity (Wildman–Crippen MR) is 94.0 cm³/mol. The van der Waals surface area contributed by atoms with Crippen molar-refractivity contribution in [2.75, 3.05) is 13.1 Å². The molecule has 0 unspecified atom stereocenters. The standard InChI is InChI=1S/C20H31NO/c1-15(12-20(5,6)22)21-13-16(14-21)11-17-9-7-8-10-18(17)19(2,3)4/h7-10,16,22H,1,11-14H2,2-6H3. The Morgan fingerprint density at radius 1 is 1.18 bits per heavy atom. The van der Waals surface area contributed by atoms with E-state index in [1.165, 1.54) is 11.1 Å². The molecule has 1 fully saturated rings. The van der Waals surface area contributed by atoms with Crippen molar-refractivity contribution >= 4 is 0 Å². The number of nitrogens with zero attached hydrogens (tertiary/aromatic N) is 1. The molecule has 1 saturated heterocycles. The summed E-state index contributed by atoms with van der Waals surface area (Å²) >= 11 is 0. The summed E-state index contributed by atoms with van der Waals surface area (Å²) in [6, 6.07) is 8.82.